The number of anilines is 1. The molecule has 9 atom stereocenters. The van der Waals surface area contributed by atoms with Gasteiger partial charge in [-0.2, -0.15) is 4.31 Å². The van der Waals surface area contributed by atoms with Crippen molar-refractivity contribution in [1.82, 2.24) is 30.2 Å². The van der Waals surface area contributed by atoms with E-state index in [2.05, 4.69) is 34.4 Å². The molecule has 57 heavy (non-hydrogen) atoms. The first kappa shape index (κ1) is 48.6. The molecule has 1 aliphatic rings. The van der Waals surface area contributed by atoms with Gasteiger partial charge in [-0.3, -0.25) is 32.5 Å². The molecule has 25 nitrogen and oxygen atoms in total. The molecule has 2 aromatic heterocycles. The van der Waals surface area contributed by atoms with Gasteiger partial charge in [0.1, 0.15) is 42.5 Å². The van der Waals surface area contributed by atoms with Crippen molar-refractivity contribution < 1.29 is 85.3 Å². The zero-order chi connectivity index (χ0) is 42.9. The van der Waals surface area contributed by atoms with E-state index in [0.717, 1.165) is 29.0 Å². The molecule has 2 aromatic rings. The number of rotatable bonds is 23. The number of nitrogens with zero attached hydrogens (tertiary/aromatic N) is 4. The maximum absolute atomic E-state index is 12.7. The summed E-state index contributed by atoms with van der Waals surface area (Å²) >= 11 is 0.988. The molecule has 1 fully saturated rings. The average molecular weight is 894 g/mol. The zero-order valence-electron chi connectivity index (χ0n) is 30.9. The summed E-state index contributed by atoms with van der Waals surface area (Å²) in [6.07, 6.45) is -5.80. The number of aliphatic hydroxyl groups is 2. The lowest BCUT2D eigenvalue weighted by Crippen LogP contribution is -2.46. The number of imidazole rings is 1. The van der Waals surface area contributed by atoms with Crippen molar-refractivity contribution in [2.75, 3.05) is 37.8 Å². The van der Waals surface area contributed by atoms with E-state index in [9.17, 15) is 62.7 Å². The van der Waals surface area contributed by atoms with Crippen LogP contribution < -0.4 is 16.4 Å². The standard InChI is InChI=1S/C28H46N7O18P3S/c1-5-16(15(2)10-36)27(41)57-9-8-30-18(37)6-7-31-25(40)22(39)28(3,4)12-50-56(47,48)53-55(45,46)49-11-17-21(52-54(42,43)44)20(38)26(51-17)35-14-34-19-23(29)32-13-33-24(19)35/h10,13-17,20-22,26,38-39H,5-9,11-12H2,1-4H3,(H,30,37)(H,31,40)(H,45,46)(H,47,48)(H2,29,32,33)(H2,42,43,44)/t15?,16?,17-,20-,21-,22?,26-/m1/s1. The number of fused-ring (bicyclic) bond motifs is 1. The van der Waals surface area contributed by atoms with E-state index in [1.165, 1.54) is 13.8 Å². The third kappa shape index (κ3) is 14.2. The topological polar surface area (TPSA) is 381 Å². The second kappa shape index (κ2) is 20.5. The van der Waals surface area contributed by atoms with Crippen LogP contribution in [-0.4, -0.2) is 129 Å². The number of nitrogens with one attached hydrogen (secondary N) is 2. The van der Waals surface area contributed by atoms with Crippen LogP contribution in [0.15, 0.2) is 12.7 Å². The van der Waals surface area contributed by atoms with Crippen LogP contribution in [0.3, 0.4) is 0 Å². The molecule has 0 saturated carbocycles. The Morgan fingerprint density at radius 2 is 1.75 bits per heavy atom. The summed E-state index contributed by atoms with van der Waals surface area (Å²) in [7, 11) is -16.4. The van der Waals surface area contributed by atoms with E-state index in [0.29, 0.717) is 12.7 Å². The highest BCUT2D eigenvalue weighted by molar-refractivity contribution is 8.13. The van der Waals surface area contributed by atoms with E-state index in [4.69, 9.17) is 19.5 Å². The zero-order valence-corrected chi connectivity index (χ0v) is 34.4. The molecule has 1 aliphatic heterocycles. The molecule has 5 unspecified atom stereocenters. The van der Waals surface area contributed by atoms with Crippen LogP contribution in [0.25, 0.3) is 11.2 Å². The smallest absolute Gasteiger partial charge is 0.386 e. The van der Waals surface area contributed by atoms with Crippen molar-refractivity contribution in [2.45, 2.75) is 71.2 Å². The van der Waals surface area contributed by atoms with E-state index >= 15 is 0 Å². The molecular formula is C28H46N7O18P3S. The summed E-state index contributed by atoms with van der Waals surface area (Å²) in [5, 5.41) is 26.2. The molecule has 322 valence electrons. The van der Waals surface area contributed by atoms with E-state index in [1.807, 2.05) is 0 Å². The fraction of sp³-hybridized carbons (Fsp3) is 0.679. The Bertz CT molecular complexity index is 1880. The monoisotopic (exact) mass is 893 g/mol. The average Bonchev–Trinajstić information content (AvgIpc) is 3.68. The number of phosphoric acid groups is 3. The van der Waals surface area contributed by atoms with Crippen molar-refractivity contribution in [3.8, 4) is 0 Å². The Labute approximate surface area is 329 Å². The van der Waals surface area contributed by atoms with Crippen molar-refractivity contribution in [3.63, 3.8) is 0 Å². The second-order valence-corrected chi connectivity index (χ2v) is 18.6. The van der Waals surface area contributed by atoms with Crippen LogP contribution in [-0.2, 0) is 55.5 Å². The number of aromatic nitrogens is 4. The highest BCUT2D eigenvalue weighted by Crippen LogP contribution is 2.61. The molecule has 0 radical (unpaired) electrons. The third-order valence-electron chi connectivity index (χ3n) is 8.34. The van der Waals surface area contributed by atoms with Gasteiger partial charge in [0.15, 0.2) is 22.8 Å². The molecule has 0 bridgehead atoms. The van der Waals surface area contributed by atoms with Gasteiger partial charge in [-0.05, 0) is 6.42 Å². The Balaban J connectivity index is 1.49. The van der Waals surface area contributed by atoms with Crippen LogP contribution in [0.1, 0.15) is 46.8 Å². The second-order valence-electron chi connectivity index (χ2n) is 13.2. The lowest BCUT2D eigenvalue weighted by Gasteiger charge is -2.30. The Morgan fingerprint density at radius 3 is 2.39 bits per heavy atom. The summed E-state index contributed by atoms with van der Waals surface area (Å²) in [5.41, 5.74) is 4.23. The van der Waals surface area contributed by atoms with E-state index < -0.39 is 96.4 Å². The minimum Gasteiger partial charge on any atom is -0.386 e. The summed E-state index contributed by atoms with van der Waals surface area (Å²) < 4.78 is 62.1. The summed E-state index contributed by atoms with van der Waals surface area (Å²) in [6.45, 7) is 3.79. The number of thioether (sulfide) groups is 1. The number of carbonyl (C=O) groups is 4. The number of phosphoric ester groups is 3. The minimum atomic E-state index is -5.58. The number of aliphatic hydroxyl groups excluding tert-OH is 2. The van der Waals surface area contributed by atoms with Gasteiger partial charge in [-0.25, -0.2) is 28.6 Å². The quantitative estimate of drug-likeness (QED) is 0.0386. The predicted molar refractivity (Wildman–Crippen MR) is 196 cm³/mol. The third-order valence-corrected chi connectivity index (χ3v) is 12.4. The lowest BCUT2D eigenvalue weighted by molar-refractivity contribution is -0.137. The van der Waals surface area contributed by atoms with E-state index in [1.54, 1.807) is 13.8 Å². The molecule has 0 spiro atoms. The Hall–Kier alpha value is -2.77. The number of ether oxygens (including phenoxy) is 1. The van der Waals surface area contributed by atoms with Crippen molar-refractivity contribution >= 4 is 75.4 Å². The predicted octanol–water partition coefficient (Wildman–Crippen LogP) is -0.474. The van der Waals surface area contributed by atoms with Gasteiger partial charge < -0.3 is 55.7 Å². The van der Waals surface area contributed by atoms with Crippen molar-refractivity contribution in [2.24, 2.45) is 17.3 Å². The molecule has 3 heterocycles. The van der Waals surface area contributed by atoms with Crippen LogP contribution in [0.2, 0.25) is 0 Å². The van der Waals surface area contributed by atoms with Gasteiger partial charge >= 0.3 is 23.5 Å². The molecule has 1 saturated heterocycles. The number of aldehydes is 1. The summed E-state index contributed by atoms with van der Waals surface area (Å²) in [5.74, 6) is -2.12. The van der Waals surface area contributed by atoms with Gasteiger partial charge in [0.2, 0.25) is 11.8 Å². The number of hydrogen-bond acceptors (Lipinski definition) is 19. The van der Waals surface area contributed by atoms with E-state index in [-0.39, 0.29) is 47.4 Å². The number of amides is 2. The first-order valence-corrected chi connectivity index (χ1v) is 22.4. The fourth-order valence-electron chi connectivity index (χ4n) is 5.24. The minimum absolute atomic E-state index is 0.0246. The highest BCUT2D eigenvalue weighted by Gasteiger charge is 2.50. The van der Waals surface area contributed by atoms with Gasteiger partial charge in [-0.1, -0.05) is 39.5 Å². The summed E-state index contributed by atoms with van der Waals surface area (Å²) in [6, 6.07) is 0. The van der Waals surface area contributed by atoms with Gasteiger partial charge in [0.05, 0.1) is 19.5 Å². The lowest BCUT2D eigenvalue weighted by atomic mass is 9.87. The fourth-order valence-corrected chi connectivity index (χ4v) is 9.07. The van der Waals surface area contributed by atoms with Crippen LogP contribution in [0.5, 0.6) is 0 Å². The number of nitrogen functional groups attached to an aromatic ring is 1. The SMILES string of the molecule is CCC(C(=O)SCCNC(=O)CCNC(=O)C(O)C(C)(C)COP(=O)(O)OP(=O)(O)OC[C@H]1O[C@@H](n2cnc3c(N)ncnc32)[C@H](O)[C@@H]1OP(=O)(O)O)C(C)C=O. The number of hydrogen-bond donors (Lipinski definition) is 9. The molecule has 10 N–H and O–H groups in total. The van der Waals surface area contributed by atoms with Gasteiger partial charge in [-0.15, -0.1) is 0 Å². The van der Waals surface area contributed by atoms with Crippen LogP contribution in [0.4, 0.5) is 5.82 Å². The highest BCUT2D eigenvalue weighted by atomic mass is 32.2. The van der Waals surface area contributed by atoms with Gasteiger partial charge in [0, 0.05) is 42.5 Å². The maximum Gasteiger partial charge on any atom is 0.481 e. The largest absolute Gasteiger partial charge is 0.481 e. The molecule has 0 aliphatic carbocycles. The summed E-state index contributed by atoms with van der Waals surface area (Å²) in [4.78, 5) is 98.9. The van der Waals surface area contributed by atoms with Crippen molar-refractivity contribution in [1.29, 1.82) is 0 Å². The maximum atomic E-state index is 12.7. The first-order valence-electron chi connectivity index (χ1n) is 16.9. The van der Waals surface area contributed by atoms with Crippen LogP contribution in [0, 0.1) is 17.3 Å². The molecular weight excluding hydrogens is 847 g/mol. The van der Waals surface area contributed by atoms with Crippen molar-refractivity contribution in [3.05, 3.63) is 12.7 Å². The normalized spacial score (nSPS) is 22.6. The number of carbonyl (C=O) groups excluding carboxylic acids is 4. The molecule has 29 heteroatoms. The first-order chi connectivity index (χ1) is 26.4. The Morgan fingerprint density at radius 1 is 1.09 bits per heavy atom. The Kier molecular flexibility index (Phi) is 17.5. The number of nitrogens with two attached hydrogens (primary N) is 1. The molecule has 3 rings (SSSR count). The molecule has 2 amide bonds. The van der Waals surface area contributed by atoms with Gasteiger partial charge in [0.25, 0.3) is 0 Å². The molecule has 0 aromatic carbocycles. The van der Waals surface area contributed by atoms with Crippen LogP contribution >= 0.6 is 35.2 Å².